The maximum absolute atomic E-state index is 12.7. The van der Waals surface area contributed by atoms with Crippen molar-refractivity contribution >= 4 is 6.47 Å². The second-order valence-electron chi connectivity index (χ2n) is 3.61. The van der Waals surface area contributed by atoms with E-state index in [0.29, 0.717) is 6.61 Å². The van der Waals surface area contributed by atoms with E-state index >= 15 is 0 Å². The maximum Gasteiger partial charge on any atom is 0.420 e. The summed E-state index contributed by atoms with van der Waals surface area (Å²) in [6.45, 7) is 0.574. The van der Waals surface area contributed by atoms with Gasteiger partial charge in [-0.05, 0) is 12.1 Å². The number of hydrogen-bond acceptors (Lipinski definition) is 4. The van der Waals surface area contributed by atoms with Crippen molar-refractivity contribution in [3.63, 3.8) is 0 Å². The number of carbonyl (C=O) groups excluding carboxylic acids is 1. The van der Waals surface area contributed by atoms with Crippen molar-refractivity contribution in [2.75, 3.05) is 13.2 Å². The van der Waals surface area contributed by atoms with E-state index in [2.05, 4.69) is 4.74 Å². The summed E-state index contributed by atoms with van der Waals surface area (Å²) in [5.74, 6) is -0.756. The van der Waals surface area contributed by atoms with Gasteiger partial charge in [0.1, 0.15) is 18.3 Å². The molecule has 1 aliphatic rings. The molecule has 7 heteroatoms. The molecule has 0 saturated carbocycles. The van der Waals surface area contributed by atoms with E-state index < -0.39 is 17.5 Å². The van der Waals surface area contributed by atoms with Gasteiger partial charge < -0.3 is 14.2 Å². The molecule has 1 heterocycles. The van der Waals surface area contributed by atoms with Crippen LogP contribution in [0, 0.1) is 0 Å². The van der Waals surface area contributed by atoms with E-state index in [0.717, 1.165) is 6.07 Å². The largest absolute Gasteiger partial charge is 0.487 e. The molecule has 0 bridgehead atoms. The highest BCUT2D eigenvalue weighted by atomic mass is 19.4. The first kappa shape index (κ1) is 12.7. The SMILES string of the molecule is O=COc1c(OCC2CO2)cccc1C(F)(F)F. The Kier molecular flexibility index (Phi) is 3.42. The number of hydrogen-bond donors (Lipinski definition) is 0. The molecule has 1 saturated heterocycles. The molecule has 1 fully saturated rings. The second-order valence-corrected chi connectivity index (χ2v) is 3.61. The van der Waals surface area contributed by atoms with Crippen LogP contribution in [0.2, 0.25) is 0 Å². The zero-order valence-corrected chi connectivity index (χ0v) is 9.07. The van der Waals surface area contributed by atoms with Crippen molar-refractivity contribution in [2.24, 2.45) is 0 Å². The van der Waals surface area contributed by atoms with Gasteiger partial charge in [-0.3, -0.25) is 4.79 Å². The minimum atomic E-state index is -4.62. The first-order valence-electron chi connectivity index (χ1n) is 5.07. The van der Waals surface area contributed by atoms with Gasteiger partial charge in [0.05, 0.1) is 6.61 Å². The molecule has 0 aliphatic carbocycles. The van der Waals surface area contributed by atoms with E-state index in [1.54, 1.807) is 0 Å². The average molecular weight is 262 g/mol. The summed E-state index contributed by atoms with van der Waals surface area (Å²) >= 11 is 0. The van der Waals surface area contributed by atoms with Crippen LogP contribution in [0.3, 0.4) is 0 Å². The number of para-hydroxylation sites is 1. The van der Waals surface area contributed by atoms with Crippen LogP contribution >= 0.6 is 0 Å². The van der Waals surface area contributed by atoms with E-state index in [-0.39, 0.29) is 24.9 Å². The van der Waals surface area contributed by atoms with Gasteiger partial charge in [0.15, 0.2) is 11.5 Å². The van der Waals surface area contributed by atoms with E-state index in [4.69, 9.17) is 9.47 Å². The fourth-order valence-electron chi connectivity index (χ4n) is 1.37. The standard InChI is InChI=1S/C11H9F3O4/c12-11(13,14)8-2-1-3-9(10(8)18-6-15)17-5-7-4-16-7/h1-3,6-7H,4-5H2. The van der Waals surface area contributed by atoms with Crippen LogP contribution < -0.4 is 9.47 Å². The Labute approximate surface area is 100 Å². The molecular formula is C11H9F3O4. The third-order valence-electron chi connectivity index (χ3n) is 2.28. The highest BCUT2D eigenvalue weighted by Gasteiger charge is 2.36. The minimum Gasteiger partial charge on any atom is -0.487 e. The fraction of sp³-hybridized carbons (Fsp3) is 0.364. The zero-order chi connectivity index (χ0) is 13.2. The molecule has 2 rings (SSSR count). The predicted octanol–water partition coefficient (Wildman–Crippen LogP) is 2.02. The number of carbonyl (C=O) groups is 1. The molecule has 0 aromatic heterocycles. The summed E-state index contributed by atoms with van der Waals surface area (Å²) < 4.78 is 52.5. The molecule has 4 nitrogen and oxygen atoms in total. The number of halogens is 3. The Morgan fingerprint density at radius 1 is 1.44 bits per heavy atom. The van der Waals surface area contributed by atoms with Gasteiger partial charge >= 0.3 is 6.18 Å². The molecule has 0 amide bonds. The molecule has 1 unspecified atom stereocenters. The lowest BCUT2D eigenvalue weighted by atomic mass is 10.2. The first-order chi connectivity index (χ1) is 8.52. The monoisotopic (exact) mass is 262 g/mol. The topological polar surface area (TPSA) is 48.1 Å². The van der Waals surface area contributed by atoms with Crippen LogP contribution in [0.15, 0.2) is 18.2 Å². The fourth-order valence-corrected chi connectivity index (χ4v) is 1.37. The summed E-state index contributed by atoms with van der Waals surface area (Å²) in [6.07, 6.45) is -4.73. The number of epoxide rings is 1. The number of benzene rings is 1. The first-order valence-corrected chi connectivity index (χ1v) is 5.07. The third kappa shape index (κ3) is 2.92. The molecule has 1 aliphatic heterocycles. The quantitative estimate of drug-likeness (QED) is 0.601. The van der Waals surface area contributed by atoms with Crippen molar-refractivity contribution < 1.29 is 32.2 Å². The molecule has 18 heavy (non-hydrogen) atoms. The van der Waals surface area contributed by atoms with E-state index in [1.165, 1.54) is 12.1 Å². The molecule has 1 aromatic rings. The Bertz CT molecular complexity index is 440. The number of ether oxygens (including phenoxy) is 3. The Morgan fingerprint density at radius 2 is 2.17 bits per heavy atom. The summed E-state index contributed by atoms with van der Waals surface area (Å²) in [5, 5.41) is 0. The molecule has 1 atom stereocenters. The van der Waals surface area contributed by atoms with Gasteiger partial charge in [-0.2, -0.15) is 13.2 Å². The summed E-state index contributed by atoms with van der Waals surface area (Å²) in [4.78, 5) is 10.3. The van der Waals surface area contributed by atoms with Gasteiger partial charge in [0, 0.05) is 0 Å². The van der Waals surface area contributed by atoms with Gasteiger partial charge in [-0.15, -0.1) is 0 Å². The summed E-state index contributed by atoms with van der Waals surface area (Å²) in [5.41, 5.74) is -1.05. The van der Waals surface area contributed by atoms with Crippen molar-refractivity contribution in [3.05, 3.63) is 23.8 Å². The molecule has 1 aromatic carbocycles. The van der Waals surface area contributed by atoms with E-state index in [9.17, 15) is 18.0 Å². The molecule has 0 N–H and O–H groups in total. The maximum atomic E-state index is 12.7. The molecule has 98 valence electrons. The lowest BCUT2D eigenvalue weighted by Crippen LogP contribution is -2.11. The summed E-state index contributed by atoms with van der Waals surface area (Å²) in [7, 11) is 0. The zero-order valence-electron chi connectivity index (χ0n) is 9.07. The minimum absolute atomic E-state index is 0.0644. The highest BCUT2D eigenvalue weighted by Crippen LogP contribution is 2.41. The molecule has 0 radical (unpaired) electrons. The van der Waals surface area contributed by atoms with Crippen LogP contribution in [0.5, 0.6) is 11.5 Å². The van der Waals surface area contributed by atoms with Crippen LogP contribution in [-0.2, 0) is 15.7 Å². The predicted molar refractivity (Wildman–Crippen MR) is 53.4 cm³/mol. The third-order valence-corrected chi connectivity index (χ3v) is 2.28. The Morgan fingerprint density at radius 3 is 2.72 bits per heavy atom. The smallest absolute Gasteiger partial charge is 0.420 e. The van der Waals surface area contributed by atoms with Gasteiger partial charge in [-0.1, -0.05) is 6.07 Å². The van der Waals surface area contributed by atoms with E-state index in [1.807, 2.05) is 0 Å². The highest BCUT2D eigenvalue weighted by molar-refractivity contribution is 5.55. The van der Waals surface area contributed by atoms with Crippen LogP contribution in [0.25, 0.3) is 0 Å². The van der Waals surface area contributed by atoms with Crippen molar-refractivity contribution in [1.82, 2.24) is 0 Å². The van der Waals surface area contributed by atoms with Gasteiger partial charge in [-0.25, -0.2) is 0 Å². The Balaban J connectivity index is 2.28. The molecular weight excluding hydrogens is 253 g/mol. The second kappa shape index (κ2) is 4.85. The number of rotatable bonds is 5. The average Bonchev–Trinajstić information content (AvgIpc) is 3.10. The van der Waals surface area contributed by atoms with Crippen LogP contribution in [0.4, 0.5) is 13.2 Å². The van der Waals surface area contributed by atoms with Crippen molar-refractivity contribution in [3.8, 4) is 11.5 Å². The van der Waals surface area contributed by atoms with Crippen LogP contribution in [0.1, 0.15) is 5.56 Å². The van der Waals surface area contributed by atoms with Gasteiger partial charge in [0.25, 0.3) is 6.47 Å². The summed E-state index contributed by atoms with van der Waals surface area (Å²) in [6, 6.07) is 3.30. The van der Waals surface area contributed by atoms with Crippen LogP contribution in [-0.4, -0.2) is 25.8 Å². The van der Waals surface area contributed by atoms with Crippen molar-refractivity contribution in [2.45, 2.75) is 12.3 Å². The lowest BCUT2D eigenvalue weighted by molar-refractivity contribution is -0.139. The molecule has 0 spiro atoms. The lowest BCUT2D eigenvalue weighted by Gasteiger charge is -2.14. The normalized spacial score (nSPS) is 18.3. The van der Waals surface area contributed by atoms with Crippen molar-refractivity contribution in [1.29, 1.82) is 0 Å². The number of alkyl halides is 3. The Hall–Kier alpha value is -1.76. The van der Waals surface area contributed by atoms with Gasteiger partial charge in [0.2, 0.25) is 0 Å².